The Morgan fingerprint density at radius 1 is 1.47 bits per heavy atom. The fourth-order valence-electron chi connectivity index (χ4n) is 1.40. The van der Waals surface area contributed by atoms with Gasteiger partial charge in [0.25, 0.3) is 0 Å². The molecule has 0 aliphatic heterocycles. The molecule has 1 aromatic heterocycles. The molecule has 0 unspecified atom stereocenters. The molecule has 5 heteroatoms. The van der Waals surface area contributed by atoms with E-state index in [-0.39, 0.29) is 18.0 Å². The van der Waals surface area contributed by atoms with E-state index in [1.165, 1.54) is 13.8 Å². The molecule has 4 nitrogen and oxygen atoms in total. The van der Waals surface area contributed by atoms with E-state index in [0.717, 1.165) is 4.88 Å². The van der Waals surface area contributed by atoms with Gasteiger partial charge >= 0.3 is 5.97 Å². The first kappa shape index (κ1) is 13.7. The molecule has 1 heterocycles. The van der Waals surface area contributed by atoms with Crippen LogP contribution in [-0.2, 0) is 14.3 Å². The summed E-state index contributed by atoms with van der Waals surface area (Å²) >= 11 is 1.55. The molecule has 1 atom stereocenters. The lowest BCUT2D eigenvalue weighted by atomic mass is 10.2. The van der Waals surface area contributed by atoms with E-state index in [1.807, 2.05) is 17.5 Å². The lowest BCUT2D eigenvalue weighted by molar-refractivity contribution is -0.147. The third-order valence-corrected chi connectivity index (χ3v) is 3.40. The molecular formula is C12H17NO3S. The van der Waals surface area contributed by atoms with Gasteiger partial charge in [-0.05, 0) is 11.4 Å². The summed E-state index contributed by atoms with van der Waals surface area (Å²) in [5.41, 5.74) is 0. The third kappa shape index (κ3) is 4.56. The van der Waals surface area contributed by atoms with Gasteiger partial charge in [0.2, 0.25) is 5.91 Å². The van der Waals surface area contributed by atoms with Crippen LogP contribution in [0.3, 0.4) is 0 Å². The van der Waals surface area contributed by atoms with Crippen molar-refractivity contribution in [3.8, 4) is 0 Å². The van der Waals surface area contributed by atoms with Gasteiger partial charge in [-0.2, -0.15) is 0 Å². The highest BCUT2D eigenvalue weighted by Gasteiger charge is 2.17. The zero-order valence-electron chi connectivity index (χ0n) is 10.3. The number of amides is 1. The molecule has 0 saturated carbocycles. The Bertz CT molecular complexity index is 375. The minimum absolute atomic E-state index is 0.0118. The molecule has 0 aliphatic rings. The van der Waals surface area contributed by atoms with Gasteiger partial charge in [0.15, 0.2) is 0 Å². The lowest BCUT2D eigenvalue weighted by Crippen LogP contribution is -2.26. The van der Waals surface area contributed by atoms with Crippen LogP contribution in [0.2, 0.25) is 0 Å². The van der Waals surface area contributed by atoms with Crippen LogP contribution >= 0.6 is 11.3 Å². The molecule has 0 aliphatic carbocycles. The molecule has 0 bridgehead atoms. The number of nitrogens with zero attached hydrogens (tertiary/aromatic N) is 1. The van der Waals surface area contributed by atoms with Gasteiger partial charge in [-0.25, -0.2) is 0 Å². The molecule has 0 aromatic carbocycles. The summed E-state index contributed by atoms with van der Waals surface area (Å²) in [5, 5.41) is 1.94. The fourth-order valence-corrected chi connectivity index (χ4v) is 2.19. The van der Waals surface area contributed by atoms with E-state index < -0.39 is 0 Å². The highest BCUT2D eigenvalue weighted by molar-refractivity contribution is 7.10. The molecule has 0 saturated heterocycles. The van der Waals surface area contributed by atoms with E-state index in [0.29, 0.717) is 13.0 Å². The number of carbonyl (C=O) groups excluding carboxylic acids is 2. The first-order valence-electron chi connectivity index (χ1n) is 5.43. The summed E-state index contributed by atoms with van der Waals surface area (Å²) in [7, 11) is 1.74. The van der Waals surface area contributed by atoms with Crippen molar-refractivity contribution in [3.63, 3.8) is 0 Å². The number of ether oxygens (including phenoxy) is 1. The number of carbonyl (C=O) groups is 2. The molecular weight excluding hydrogens is 238 g/mol. The number of hydrogen-bond donors (Lipinski definition) is 0. The lowest BCUT2D eigenvalue weighted by Gasteiger charge is -2.20. The Balaban J connectivity index is 2.59. The maximum atomic E-state index is 11.1. The Morgan fingerprint density at radius 3 is 2.65 bits per heavy atom. The predicted octanol–water partition coefficient (Wildman–Crippen LogP) is 2.22. The second-order valence-corrected chi connectivity index (χ2v) is 4.82. The second kappa shape index (κ2) is 6.39. The topological polar surface area (TPSA) is 46.6 Å². The summed E-state index contributed by atoms with van der Waals surface area (Å²) in [5.74, 6) is -0.286. The summed E-state index contributed by atoms with van der Waals surface area (Å²) in [6.45, 7) is 3.49. The number of rotatable bonds is 5. The van der Waals surface area contributed by atoms with Crippen LogP contribution in [0.1, 0.15) is 31.2 Å². The van der Waals surface area contributed by atoms with Crippen molar-refractivity contribution in [2.24, 2.45) is 0 Å². The molecule has 0 spiro atoms. The standard InChI is InChI=1S/C12H17NO3S/c1-9(14)13(3)7-6-11(16-10(2)15)12-5-4-8-17-12/h4-5,8,11H,6-7H2,1-3H3/t11-/m1/s1. The highest BCUT2D eigenvalue weighted by Crippen LogP contribution is 2.25. The molecule has 0 radical (unpaired) electrons. The predicted molar refractivity (Wildman–Crippen MR) is 66.8 cm³/mol. The summed E-state index contributed by atoms with van der Waals surface area (Å²) in [6.07, 6.45) is 0.366. The van der Waals surface area contributed by atoms with Crippen LogP contribution in [-0.4, -0.2) is 30.4 Å². The van der Waals surface area contributed by atoms with Gasteiger partial charge in [-0.3, -0.25) is 9.59 Å². The average Bonchev–Trinajstić information content (AvgIpc) is 2.76. The van der Waals surface area contributed by atoms with Crippen molar-refractivity contribution in [1.29, 1.82) is 0 Å². The average molecular weight is 255 g/mol. The van der Waals surface area contributed by atoms with Crippen molar-refractivity contribution >= 4 is 23.2 Å². The van der Waals surface area contributed by atoms with Gasteiger partial charge in [0.05, 0.1) is 0 Å². The maximum Gasteiger partial charge on any atom is 0.303 e. The van der Waals surface area contributed by atoms with Gasteiger partial charge in [-0.15, -0.1) is 11.3 Å². The molecule has 0 N–H and O–H groups in total. The SMILES string of the molecule is CC(=O)O[C@H](CCN(C)C(C)=O)c1cccs1. The summed E-state index contributed by atoms with van der Waals surface area (Å²) in [6, 6.07) is 3.86. The zero-order chi connectivity index (χ0) is 12.8. The molecule has 0 fully saturated rings. The largest absolute Gasteiger partial charge is 0.457 e. The monoisotopic (exact) mass is 255 g/mol. The van der Waals surface area contributed by atoms with Crippen LogP contribution in [0.5, 0.6) is 0 Å². The van der Waals surface area contributed by atoms with Crippen molar-refractivity contribution in [1.82, 2.24) is 4.90 Å². The number of hydrogen-bond acceptors (Lipinski definition) is 4. The Labute approximate surface area is 105 Å². The minimum Gasteiger partial charge on any atom is -0.457 e. The molecule has 17 heavy (non-hydrogen) atoms. The maximum absolute atomic E-state index is 11.1. The third-order valence-electron chi connectivity index (χ3n) is 2.43. The van der Waals surface area contributed by atoms with E-state index in [9.17, 15) is 9.59 Å². The van der Waals surface area contributed by atoms with Crippen LogP contribution in [0, 0.1) is 0 Å². The Hall–Kier alpha value is -1.36. The first-order valence-corrected chi connectivity index (χ1v) is 6.31. The quantitative estimate of drug-likeness (QED) is 0.758. The second-order valence-electron chi connectivity index (χ2n) is 3.84. The fraction of sp³-hybridized carbons (Fsp3) is 0.500. The van der Waals surface area contributed by atoms with Crippen molar-refractivity contribution < 1.29 is 14.3 Å². The van der Waals surface area contributed by atoms with Crippen LogP contribution in [0.15, 0.2) is 17.5 Å². The van der Waals surface area contributed by atoms with Gasteiger partial charge in [-0.1, -0.05) is 6.07 Å². The first-order chi connectivity index (χ1) is 8.00. The van der Waals surface area contributed by atoms with Gasteiger partial charge in [0.1, 0.15) is 6.10 Å². The van der Waals surface area contributed by atoms with Crippen molar-refractivity contribution in [2.45, 2.75) is 26.4 Å². The molecule has 1 rings (SSSR count). The normalized spacial score (nSPS) is 11.9. The van der Waals surface area contributed by atoms with Gasteiger partial charge in [0, 0.05) is 38.7 Å². The zero-order valence-corrected chi connectivity index (χ0v) is 11.1. The molecule has 1 amide bonds. The minimum atomic E-state index is -0.297. The van der Waals surface area contributed by atoms with E-state index in [4.69, 9.17) is 4.74 Å². The molecule has 1 aromatic rings. The van der Waals surface area contributed by atoms with Crippen molar-refractivity contribution in [3.05, 3.63) is 22.4 Å². The Kier molecular flexibility index (Phi) is 5.15. The number of esters is 1. The van der Waals surface area contributed by atoms with Crippen LogP contribution in [0.25, 0.3) is 0 Å². The summed E-state index contributed by atoms with van der Waals surface area (Å²) < 4.78 is 5.26. The van der Waals surface area contributed by atoms with E-state index in [1.54, 1.807) is 23.3 Å². The van der Waals surface area contributed by atoms with Crippen LogP contribution in [0.4, 0.5) is 0 Å². The highest BCUT2D eigenvalue weighted by atomic mass is 32.1. The molecule has 94 valence electrons. The summed E-state index contributed by atoms with van der Waals surface area (Å²) in [4.78, 5) is 24.7. The van der Waals surface area contributed by atoms with E-state index in [2.05, 4.69) is 0 Å². The van der Waals surface area contributed by atoms with Gasteiger partial charge < -0.3 is 9.64 Å². The van der Waals surface area contributed by atoms with E-state index >= 15 is 0 Å². The smallest absolute Gasteiger partial charge is 0.303 e. The van der Waals surface area contributed by atoms with Crippen LogP contribution < -0.4 is 0 Å². The number of thiophene rings is 1. The van der Waals surface area contributed by atoms with Crippen molar-refractivity contribution in [2.75, 3.05) is 13.6 Å². The Morgan fingerprint density at radius 2 is 2.18 bits per heavy atom.